The predicted octanol–water partition coefficient (Wildman–Crippen LogP) is 3.16. The van der Waals surface area contributed by atoms with Gasteiger partial charge in [-0.25, -0.2) is 4.68 Å². The van der Waals surface area contributed by atoms with Gasteiger partial charge >= 0.3 is 0 Å². The highest BCUT2D eigenvalue weighted by atomic mass is 32.2. The Balaban J connectivity index is 2.63. The predicted molar refractivity (Wildman–Crippen MR) is 76.6 cm³/mol. The first-order chi connectivity index (χ1) is 8.97. The lowest BCUT2D eigenvalue weighted by atomic mass is 9.90. The van der Waals surface area contributed by atoms with Gasteiger partial charge < -0.3 is 0 Å². The van der Waals surface area contributed by atoms with Crippen molar-refractivity contribution in [2.45, 2.75) is 31.1 Å². The van der Waals surface area contributed by atoms with E-state index in [9.17, 15) is 5.26 Å². The van der Waals surface area contributed by atoms with Gasteiger partial charge in [-0.15, -0.1) is 16.9 Å². The van der Waals surface area contributed by atoms with Crippen molar-refractivity contribution in [3.05, 3.63) is 35.7 Å². The van der Waals surface area contributed by atoms with Gasteiger partial charge in [0, 0.05) is 10.3 Å². The monoisotopic (exact) mass is 272 g/mol. The van der Waals surface area contributed by atoms with Crippen LogP contribution in [0, 0.1) is 11.3 Å². The second-order valence-electron chi connectivity index (χ2n) is 5.26. The lowest BCUT2D eigenvalue weighted by molar-refractivity contribution is 0.541. The summed E-state index contributed by atoms with van der Waals surface area (Å²) in [5.41, 5.74) is 1.98. The van der Waals surface area contributed by atoms with Gasteiger partial charge in [-0.2, -0.15) is 5.26 Å². The van der Waals surface area contributed by atoms with Crippen LogP contribution < -0.4 is 0 Å². The molecule has 0 saturated carbocycles. The van der Waals surface area contributed by atoms with E-state index in [4.69, 9.17) is 0 Å². The quantitative estimate of drug-likeness (QED) is 0.788. The maximum absolute atomic E-state index is 9.17. The Kier molecular flexibility index (Phi) is 3.63. The van der Waals surface area contributed by atoms with E-state index in [-0.39, 0.29) is 5.41 Å². The summed E-state index contributed by atoms with van der Waals surface area (Å²) < 4.78 is 1.76. The molecule has 0 atom stereocenters. The molecule has 0 bridgehead atoms. The summed E-state index contributed by atoms with van der Waals surface area (Å²) in [6.45, 7) is 6.17. The Morgan fingerprint density at radius 3 is 2.63 bits per heavy atom. The van der Waals surface area contributed by atoms with Crippen LogP contribution in [0.15, 0.2) is 29.2 Å². The van der Waals surface area contributed by atoms with E-state index in [2.05, 4.69) is 43.2 Å². The van der Waals surface area contributed by atoms with E-state index in [0.717, 1.165) is 16.3 Å². The molecule has 0 unspecified atom stereocenters. The molecular formula is C14H16N4S. The third-order valence-electron chi connectivity index (χ3n) is 2.78. The van der Waals surface area contributed by atoms with Crippen LogP contribution in [0.2, 0.25) is 0 Å². The summed E-state index contributed by atoms with van der Waals surface area (Å²) >= 11 is 1.68. The first-order valence-corrected chi connectivity index (χ1v) is 7.20. The molecule has 1 heterocycles. The topological polar surface area (TPSA) is 54.5 Å². The molecule has 0 radical (unpaired) electrons. The van der Waals surface area contributed by atoms with Crippen molar-refractivity contribution in [1.82, 2.24) is 15.0 Å². The van der Waals surface area contributed by atoms with Crippen molar-refractivity contribution in [2.75, 3.05) is 6.26 Å². The van der Waals surface area contributed by atoms with Crippen LogP contribution in [0.3, 0.4) is 0 Å². The van der Waals surface area contributed by atoms with Gasteiger partial charge in [-0.05, 0) is 24.5 Å². The van der Waals surface area contributed by atoms with E-state index in [0.29, 0.717) is 5.69 Å². The molecular weight excluding hydrogens is 256 g/mol. The van der Waals surface area contributed by atoms with Crippen LogP contribution >= 0.6 is 11.8 Å². The van der Waals surface area contributed by atoms with Gasteiger partial charge in [0.1, 0.15) is 6.07 Å². The molecule has 4 nitrogen and oxygen atoms in total. The van der Waals surface area contributed by atoms with E-state index in [1.54, 1.807) is 16.4 Å². The van der Waals surface area contributed by atoms with Crippen molar-refractivity contribution in [3.63, 3.8) is 0 Å². The number of hydrogen-bond acceptors (Lipinski definition) is 4. The lowest BCUT2D eigenvalue weighted by Gasteiger charge is -2.19. The number of aromatic nitrogens is 3. The minimum atomic E-state index is -0.191. The largest absolute Gasteiger partial charge is 0.216 e. The van der Waals surface area contributed by atoms with Gasteiger partial charge in [0.25, 0.3) is 0 Å². The summed E-state index contributed by atoms with van der Waals surface area (Å²) in [5, 5.41) is 17.3. The minimum absolute atomic E-state index is 0.191. The lowest BCUT2D eigenvalue weighted by Crippen LogP contribution is -2.19. The van der Waals surface area contributed by atoms with E-state index in [1.807, 2.05) is 24.5 Å². The zero-order chi connectivity index (χ0) is 14.0. The van der Waals surface area contributed by atoms with Crippen LogP contribution in [0.25, 0.3) is 5.69 Å². The number of nitrogens with zero attached hydrogens (tertiary/aromatic N) is 4. The van der Waals surface area contributed by atoms with Crippen molar-refractivity contribution in [1.29, 1.82) is 5.26 Å². The van der Waals surface area contributed by atoms with Crippen LogP contribution in [-0.4, -0.2) is 21.2 Å². The number of rotatable bonds is 2. The van der Waals surface area contributed by atoms with Crippen LogP contribution in [0.4, 0.5) is 0 Å². The molecule has 2 aromatic rings. The molecule has 5 heteroatoms. The fraction of sp³-hybridized carbons (Fsp3) is 0.357. The smallest absolute Gasteiger partial charge is 0.186 e. The standard InChI is InChI=1S/C14H16N4S/c1-14(2,3)13-12(9-15)16-17-18(13)10-6-5-7-11(8-10)19-4/h5-8H,1-4H3. The average Bonchev–Trinajstić information content (AvgIpc) is 2.82. The molecule has 0 fully saturated rings. The molecule has 1 aromatic heterocycles. The molecule has 19 heavy (non-hydrogen) atoms. The average molecular weight is 272 g/mol. The summed E-state index contributed by atoms with van der Waals surface area (Å²) in [5.74, 6) is 0. The first-order valence-electron chi connectivity index (χ1n) is 5.98. The Labute approximate surface area is 117 Å². The maximum atomic E-state index is 9.17. The van der Waals surface area contributed by atoms with Gasteiger partial charge in [0.15, 0.2) is 5.69 Å². The van der Waals surface area contributed by atoms with Crippen molar-refractivity contribution in [3.8, 4) is 11.8 Å². The fourth-order valence-electron chi connectivity index (χ4n) is 1.95. The normalized spacial score (nSPS) is 11.3. The Morgan fingerprint density at radius 2 is 2.05 bits per heavy atom. The van der Waals surface area contributed by atoms with E-state index in [1.165, 1.54) is 0 Å². The van der Waals surface area contributed by atoms with Gasteiger partial charge in [0.05, 0.1) is 11.4 Å². The Hall–Kier alpha value is -1.80. The molecule has 1 aromatic carbocycles. The maximum Gasteiger partial charge on any atom is 0.186 e. The third-order valence-corrected chi connectivity index (χ3v) is 3.51. The second kappa shape index (κ2) is 5.06. The highest BCUT2D eigenvalue weighted by Crippen LogP contribution is 2.27. The third kappa shape index (κ3) is 2.64. The van der Waals surface area contributed by atoms with Crippen molar-refractivity contribution >= 4 is 11.8 Å². The summed E-state index contributed by atoms with van der Waals surface area (Å²) in [7, 11) is 0. The molecule has 0 aliphatic carbocycles. The summed E-state index contributed by atoms with van der Waals surface area (Å²) in [6.07, 6.45) is 2.03. The van der Waals surface area contributed by atoms with E-state index < -0.39 is 0 Å². The zero-order valence-corrected chi connectivity index (χ0v) is 12.3. The van der Waals surface area contributed by atoms with Crippen LogP contribution in [-0.2, 0) is 5.41 Å². The van der Waals surface area contributed by atoms with Gasteiger partial charge in [-0.3, -0.25) is 0 Å². The second-order valence-corrected chi connectivity index (χ2v) is 6.14. The van der Waals surface area contributed by atoms with E-state index >= 15 is 0 Å². The highest BCUT2D eigenvalue weighted by molar-refractivity contribution is 7.98. The molecule has 0 aliphatic heterocycles. The molecule has 0 amide bonds. The number of nitriles is 1. The fourth-order valence-corrected chi connectivity index (χ4v) is 2.41. The molecule has 2 rings (SSSR count). The van der Waals surface area contributed by atoms with Gasteiger partial charge in [0.2, 0.25) is 0 Å². The Morgan fingerprint density at radius 1 is 1.32 bits per heavy atom. The number of benzene rings is 1. The first kappa shape index (κ1) is 13.6. The minimum Gasteiger partial charge on any atom is -0.216 e. The summed E-state index contributed by atoms with van der Waals surface area (Å²) in [6, 6.07) is 10.2. The molecule has 0 N–H and O–H groups in total. The van der Waals surface area contributed by atoms with Crippen LogP contribution in [0.5, 0.6) is 0 Å². The SMILES string of the molecule is CSc1cccc(-n2nnc(C#N)c2C(C)(C)C)c1. The summed E-state index contributed by atoms with van der Waals surface area (Å²) in [4.78, 5) is 1.16. The Bertz CT molecular complexity index is 632. The van der Waals surface area contributed by atoms with Crippen molar-refractivity contribution < 1.29 is 0 Å². The number of hydrogen-bond donors (Lipinski definition) is 0. The highest BCUT2D eigenvalue weighted by Gasteiger charge is 2.26. The van der Waals surface area contributed by atoms with Gasteiger partial charge in [-0.1, -0.05) is 32.1 Å². The molecule has 0 spiro atoms. The molecule has 0 aliphatic rings. The van der Waals surface area contributed by atoms with Crippen LogP contribution in [0.1, 0.15) is 32.2 Å². The molecule has 98 valence electrons. The van der Waals surface area contributed by atoms with Crippen molar-refractivity contribution in [2.24, 2.45) is 0 Å². The number of thioether (sulfide) groups is 1. The zero-order valence-electron chi connectivity index (χ0n) is 11.5. The molecule has 0 saturated heterocycles.